The van der Waals surface area contributed by atoms with Gasteiger partial charge in [-0.15, -0.1) is 0 Å². The van der Waals surface area contributed by atoms with E-state index >= 15 is 0 Å². The number of piperidine rings is 1. The fraction of sp³-hybridized carbons (Fsp3) is 0.533. The molecular formula is C15H21N3O3. The van der Waals surface area contributed by atoms with Crippen LogP contribution in [0.2, 0.25) is 0 Å². The fourth-order valence-electron chi connectivity index (χ4n) is 2.78. The molecule has 2 heterocycles. The van der Waals surface area contributed by atoms with Crippen molar-refractivity contribution >= 4 is 11.8 Å². The van der Waals surface area contributed by atoms with Crippen LogP contribution in [0.1, 0.15) is 37.1 Å². The summed E-state index contributed by atoms with van der Waals surface area (Å²) in [6, 6.07) is 1.70. The summed E-state index contributed by atoms with van der Waals surface area (Å²) >= 11 is 0. The number of primary amides is 1. The summed E-state index contributed by atoms with van der Waals surface area (Å²) in [5.41, 5.74) is 6.83. The lowest BCUT2D eigenvalue weighted by Crippen LogP contribution is -2.46. The highest BCUT2D eigenvalue weighted by Crippen LogP contribution is 2.34. The highest BCUT2D eigenvalue weighted by molar-refractivity contribution is 6.34. The molecule has 6 heteroatoms. The average Bonchev–Trinajstić information content (AvgIpc) is 2.47. The zero-order chi connectivity index (χ0) is 15.6. The molecule has 0 aromatic carbocycles. The molecule has 1 aromatic heterocycles. The number of pyridine rings is 1. The lowest BCUT2D eigenvalue weighted by atomic mass is 9.90. The molecule has 1 aliphatic rings. The molecule has 2 atom stereocenters. The van der Waals surface area contributed by atoms with Crippen molar-refractivity contribution < 1.29 is 14.3 Å². The third kappa shape index (κ3) is 3.15. The minimum Gasteiger partial charge on any atom is -0.495 e. The normalized spacial score (nSPS) is 22.0. The maximum absolute atomic E-state index is 12.0. The molecule has 1 fully saturated rings. The Morgan fingerprint density at radius 1 is 1.43 bits per heavy atom. The van der Waals surface area contributed by atoms with Crippen molar-refractivity contribution in [1.82, 2.24) is 9.88 Å². The molecule has 0 unspecified atom stereocenters. The van der Waals surface area contributed by atoms with Crippen LogP contribution in [0, 0.1) is 12.8 Å². The van der Waals surface area contributed by atoms with E-state index in [1.165, 1.54) is 0 Å². The number of amides is 2. The Labute approximate surface area is 124 Å². The lowest BCUT2D eigenvalue weighted by molar-refractivity contribution is -0.147. The van der Waals surface area contributed by atoms with E-state index in [-0.39, 0.29) is 6.04 Å². The van der Waals surface area contributed by atoms with E-state index in [4.69, 9.17) is 10.5 Å². The predicted octanol–water partition coefficient (Wildman–Crippen LogP) is 1.18. The van der Waals surface area contributed by atoms with Gasteiger partial charge in [-0.2, -0.15) is 0 Å². The van der Waals surface area contributed by atoms with E-state index < -0.39 is 11.8 Å². The average molecular weight is 291 g/mol. The summed E-state index contributed by atoms with van der Waals surface area (Å²) in [6.45, 7) is 4.45. The summed E-state index contributed by atoms with van der Waals surface area (Å²) in [5.74, 6) is -0.519. The zero-order valence-corrected chi connectivity index (χ0v) is 12.6. The highest BCUT2D eigenvalue weighted by Gasteiger charge is 2.33. The number of rotatable bonds is 2. The standard InChI is InChI=1S/C15H21N3O3/c1-9-4-5-12(18(8-9)15(20)14(16)19)11-6-13(21-3)10(2)17-7-11/h6-7,9,12H,4-5,8H2,1-3H3,(H2,16,19)/t9-,12+/m0/s1. The number of likely N-dealkylation sites (tertiary alicyclic amines) is 1. The quantitative estimate of drug-likeness (QED) is 0.829. The van der Waals surface area contributed by atoms with Crippen LogP contribution in [0.25, 0.3) is 0 Å². The maximum atomic E-state index is 12.0. The maximum Gasteiger partial charge on any atom is 0.312 e. The number of carbonyl (C=O) groups excluding carboxylic acids is 2. The zero-order valence-electron chi connectivity index (χ0n) is 12.6. The largest absolute Gasteiger partial charge is 0.495 e. The monoisotopic (exact) mass is 291 g/mol. The first-order valence-electron chi connectivity index (χ1n) is 7.05. The number of methoxy groups -OCH3 is 1. The Morgan fingerprint density at radius 2 is 2.14 bits per heavy atom. The number of nitrogens with zero attached hydrogens (tertiary/aromatic N) is 2. The number of hydrogen-bond donors (Lipinski definition) is 1. The molecule has 2 amide bonds. The molecule has 1 saturated heterocycles. The number of aryl methyl sites for hydroxylation is 1. The molecule has 114 valence electrons. The predicted molar refractivity (Wildman–Crippen MR) is 77.6 cm³/mol. The van der Waals surface area contributed by atoms with Gasteiger partial charge >= 0.3 is 11.8 Å². The van der Waals surface area contributed by atoms with E-state index in [0.717, 1.165) is 24.1 Å². The minimum atomic E-state index is -0.916. The van der Waals surface area contributed by atoms with Gasteiger partial charge in [-0.25, -0.2) is 0 Å². The van der Waals surface area contributed by atoms with Crippen molar-refractivity contribution in [3.63, 3.8) is 0 Å². The number of nitrogens with two attached hydrogens (primary N) is 1. The molecule has 0 bridgehead atoms. The number of hydrogen-bond acceptors (Lipinski definition) is 4. The Bertz CT molecular complexity index is 559. The fourth-order valence-corrected chi connectivity index (χ4v) is 2.78. The van der Waals surface area contributed by atoms with Crippen molar-refractivity contribution in [3.05, 3.63) is 23.5 Å². The van der Waals surface area contributed by atoms with Gasteiger partial charge in [0.2, 0.25) is 0 Å². The van der Waals surface area contributed by atoms with E-state index in [0.29, 0.717) is 18.2 Å². The molecule has 0 aliphatic carbocycles. The van der Waals surface area contributed by atoms with Crippen LogP contribution in [-0.4, -0.2) is 35.4 Å². The minimum absolute atomic E-state index is 0.178. The van der Waals surface area contributed by atoms with Crippen molar-refractivity contribution in [2.45, 2.75) is 32.7 Å². The lowest BCUT2D eigenvalue weighted by Gasteiger charge is -2.38. The first kappa shape index (κ1) is 15.3. The van der Waals surface area contributed by atoms with Gasteiger partial charge in [0.25, 0.3) is 0 Å². The Morgan fingerprint density at radius 3 is 2.76 bits per heavy atom. The van der Waals surface area contributed by atoms with Gasteiger partial charge in [-0.1, -0.05) is 6.92 Å². The summed E-state index contributed by atoms with van der Waals surface area (Å²) < 4.78 is 5.28. The number of aromatic nitrogens is 1. The van der Waals surface area contributed by atoms with E-state index in [2.05, 4.69) is 11.9 Å². The molecule has 6 nitrogen and oxygen atoms in total. The van der Waals surface area contributed by atoms with Crippen molar-refractivity contribution in [3.8, 4) is 5.75 Å². The molecule has 2 N–H and O–H groups in total. The molecular weight excluding hydrogens is 270 g/mol. The van der Waals surface area contributed by atoms with Gasteiger partial charge in [0.15, 0.2) is 0 Å². The third-order valence-corrected chi connectivity index (χ3v) is 3.96. The van der Waals surface area contributed by atoms with Gasteiger partial charge in [0, 0.05) is 12.7 Å². The van der Waals surface area contributed by atoms with Crippen LogP contribution in [0.5, 0.6) is 5.75 Å². The first-order valence-corrected chi connectivity index (χ1v) is 7.05. The second-order valence-electron chi connectivity index (χ2n) is 5.58. The first-order chi connectivity index (χ1) is 9.93. The topological polar surface area (TPSA) is 85.5 Å². The Kier molecular flexibility index (Phi) is 4.45. The van der Waals surface area contributed by atoms with E-state index in [1.807, 2.05) is 13.0 Å². The molecule has 2 rings (SSSR count). The molecule has 0 radical (unpaired) electrons. The highest BCUT2D eigenvalue weighted by atomic mass is 16.5. The van der Waals surface area contributed by atoms with Crippen LogP contribution in [0.3, 0.4) is 0 Å². The van der Waals surface area contributed by atoms with Crippen molar-refractivity contribution in [2.75, 3.05) is 13.7 Å². The van der Waals surface area contributed by atoms with Crippen molar-refractivity contribution in [1.29, 1.82) is 0 Å². The van der Waals surface area contributed by atoms with Crippen LogP contribution < -0.4 is 10.5 Å². The third-order valence-electron chi connectivity index (χ3n) is 3.96. The molecule has 21 heavy (non-hydrogen) atoms. The van der Waals surface area contributed by atoms with E-state index in [1.54, 1.807) is 18.2 Å². The smallest absolute Gasteiger partial charge is 0.312 e. The van der Waals surface area contributed by atoms with Crippen LogP contribution >= 0.6 is 0 Å². The van der Waals surface area contributed by atoms with Gasteiger partial charge < -0.3 is 15.4 Å². The van der Waals surface area contributed by atoms with Crippen LogP contribution in [-0.2, 0) is 9.59 Å². The second-order valence-corrected chi connectivity index (χ2v) is 5.58. The summed E-state index contributed by atoms with van der Waals surface area (Å²) in [7, 11) is 1.59. The van der Waals surface area contributed by atoms with Gasteiger partial charge in [0.1, 0.15) is 5.75 Å². The van der Waals surface area contributed by atoms with Gasteiger partial charge in [-0.05, 0) is 37.3 Å². The summed E-state index contributed by atoms with van der Waals surface area (Å²) in [5, 5.41) is 0. The molecule has 1 aromatic rings. The summed E-state index contributed by atoms with van der Waals surface area (Å²) in [4.78, 5) is 29.2. The van der Waals surface area contributed by atoms with Gasteiger partial charge in [0.05, 0.1) is 18.8 Å². The Hall–Kier alpha value is -2.11. The van der Waals surface area contributed by atoms with E-state index in [9.17, 15) is 9.59 Å². The molecule has 0 saturated carbocycles. The Balaban J connectivity index is 2.34. The number of ether oxygens (including phenoxy) is 1. The van der Waals surface area contributed by atoms with Crippen LogP contribution in [0.15, 0.2) is 12.3 Å². The number of carbonyl (C=O) groups is 2. The summed E-state index contributed by atoms with van der Waals surface area (Å²) in [6.07, 6.45) is 3.51. The van der Waals surface area contributed by atoms with Crippen LogP contribution in [0.4, 0.5) is 0 Å². The molecule has 0 spiro atoms. The SMILES string of the molecule is COc1cc([C@H]2CC[C@H](C)CN2C(=O)C(N)=O)cnc1C. The van der Waals surface area contributed by atoms with Gasteiger partial charge in [-0.3, -0.25) is 14.6 Å². The molecule has 1 aliphatic heterocycles. The second kappa shape index (κ2) is 6.11. The van der Waals surface area contributed by atoms with Crippen molar-refractivity contribution in [2.24, 2.45) is 11.7 Å².